The molecular formula is C10H22N2O4S2. The highest BCUT2D eigenvalue weighted by Gasteiger charge is 2.34. The van der Waals surface area contributed by atoms with Crippen molar-refractivity contribution in [3.63, 3.8) is 0 Å². The van der Waals surface area contributed by atoms with Crippen molar-refractivity contribution < 1.29 is 16.8 Å². The molecule has 108 valence electrons. The highest BCUT2D eigenvalue weighted by atomic mass is 32.2. The lowest BCUT2D eigenvalue weighted by Gasteiger charge is -2.20. The van der Waals surface area contributed by atoms with Crippen LogP contribution in [0.15, 0.2) is 0 Å². The molecule has 1 N–H and O–H groups in total. The Bertz CT molecular complexity index is 470. The zero-order chi connectivity index (χ0) is 14.0. The first-order valence-electron chi connectivity index (χ1n) is 5.97. The normalized spacial score (nSPS) is 25.8. The fourth-order valence-corrected chi connectivity index (χ4v) is 4.39. The first-order chi connectivity index (χ1) is 8.14. The molecule has 6 nitrogen and oxygen atoms in total. The molecule has 0 aliphatic heterocycles. The van der Waals surface area contributed by atoms with Crippen LogP contribution in [0.5, 0.6) is 0 Å². The Labute approximate surface area is 110 Å². The monoisotopic (exact) mass is 298 g/mol. The number of nitrogens with one attached hydrogen (secondary N) is 1. The number of nitrogens with zero attached hydrogens (tertiary/aromatic N) is 1. The van der Waals surface area contributed by atoms with E-state index in [-0.39, 0.29) is 23.6 Å². The van der Waals surface area contributed by atoms with E-state index in [0.29, 0.717) is 6.42 Å². The highest BCUT2D eigenvalue weighted by molar-refractivity contribution is 7.91. The van der Waals surface area contributed by atoms with Gasteiger partial charge in [0, 0.05) is 32.9 Å². The molecule has 2 atom stereocenters. The third-order valence-corrected chi connectivity index (χ3v) is 6.82. The van der Waals surface area contributed by atoms with Crippen molar-refractivity contribution in [2.45, 2.75) is 30.6 Å². The van der Waals surface area contributed by atoms with Crippen molar-refractivity contribution in [1.82, 2.24) is 9.62 Å². The average Bonchev–Trinajstić information content (AvgIpc) is 2.64. The van der Waals surface area contributed by atoms with E-state index in [1.165, 1.54) is 24.7 Å². The van der Waals surface area contributed by atoms with Gasteiger partial charge in [0.15, 0.2) is 9.84 Å². The molecular weight excluding hydrogens is 276 g/mol. The molecule has 0 aromatic heterocycles. The van der Waals surface area contributed by atoms with Gasteiger partial charge in [-0.2, -0.15) is 0 Å². The van der Waals surface area contributed by atoms with Crippen molar-refractivity contribution in [3.05, 3.63) is 0 Å². The van der Waals surface area contributed by atoms with Crippen LogP contribution in [0.2, 0.25) is 0 Å². The third kappa shape index (κ3) is 4.18. The summed E-state index contributed by atoms with van der Waals surface area (Å²) < 4.78 is 47.4. The summed E-state index contributed by atoms with van der Waals surface area (Å²) in [5, 5.41) is 2.69. The topological polar surface area (TPSA) is 83.6 Å². The van der Waals surface area contributed by atoms with E-state index in [1.54, 1.807) is 0 Å². The summed E-state index contributed by atoms with van der Waals surface area (Å²) in [6, 6.07) is -0.114. The lowest BCUT2D eigenvalue weighted by Crippen LogP contribution is -2.42. The molecule has 18 heavy (non-hydrogen) atoms. The van der Waals surface area contributed by atoms with Gasteiger partial charge in [0.05, 0.1) is 11.0 Å². The molecule has 0 saturated heterocycles. The van der Waals surface area contributed by atoms with Gasteiger partial charge in [-0.05, 0) is 12.8 Å². The van der Waals surface area contributed by atoms with Crippen LogP contribution in [-0.4, -0.2) is 65.1 Å². The van der Waals surface area contributed by atoms with E-state index in [9.17, 15) is 16.8 Å². The third-order valence-electron chi connectivity index (χ3n) is 3.33. The Morgan fingerprint density at radius 1 is 1.17 bits per heavy atom. The van der Waals surface area contributed by atoms with Gasteiger partial charge in [-0.1, -0.05) is 6.42 Å². The molecule has 2 unspecified atom stereocenters. The number of hydrogen-bond acceptors (Lipinski definition) is 5. The molecule has 8 heteroatoms. The van der Waals surface area contributed by atoms with Crippen molar-refractivity contribution in [1.29, 1.82) is 0 Å². The molecule has 1 saturated carbocycles. The minimum atomic E-state index is -3.22. The van der Waals surface area contributed by atoms with Gasteiger partial charge < -0.3 is 5.32 Å². The predicted octanol–water partition coefficient (Wildman–Crippen LogP) is -0.567. The summed E-state index contributed by atoms with van der Waals surface area (Å²) in [5.74, 6) is -0.00696. The molecule has 0 aromatic rings. The van der Waals surface area contributed by atoms with Crippen LogP contribution in [0.25, 0.3) is 0 Å². The van der Waals surface area contributed by atoms with E-state index >= 15 is 0 Å². The maximum Gasteiger partial charge on any atom is 0.214 e. The molecule has 1 aliphatic rings. The van der Waals surface area contributed by atoms with Gasteiger partial charge in [-0.3, -0.25) is 0 Å². The molecule has 0 heterocycles. The first-order valence-corrected chi connectivity index (χ1v) is 9.53. The summed E-state index contributed by atoms with van der Waals surface area (Å²) in [5.41, 5.74) is 0. The summed E-state index contributed by atoms with van der Waals surface area (Å²) in [6.07, 6.45) is 3.57. The smallest absolute Gasteiger partial charge is 0.214 e. The Morgan fingerprint density at radius 2 is 1.78 bits per heavy atom. The van der Waals surface area contributed by atoms with Crippen molar-refractivity contribution in [3.8, 4) is 0 Å². The zero-order valence-electron chi connectivity index (χ0n) is 11.1. The summed E-state index contributed by atoms with van der Waals surface area (Å²) in [6.45, 7) is 0.289. The van der Waals surface area contributed by atoms with Gasteiger partial charge >= 0.3 is 0 Å². The Balaban J connectivity index is 2.50. The molecule has 0 bridgehead atoms. The van der Waals surface area contributed by atoms with Gasteiger partial charge in [-0.15, -0.1) is 0 Å². The largest absolute Gasteiger partial charge is 0.312 e. The fraction of sp³-hybridized carbons (Fsp3) is 1.00. The summed E-state index contributed by atoms with van der Waals surface area (Å²) in [7, 11) is -3.30. The van der Waals surface area contributed by atoms with Gasteiger partial charge in [-0.25, -0.2) is 21.1 Å². The van der Waals surface area contributed by atoms with Crippen molar-refractivity contribution >= 4 is 19.9 Å². The minimum absolute atomic E-state index is 0.00696. The standard InChI is InChI=1S/C10H22N2O4S2/c1-12(2)18(15,16)8-7-11-9-5-4-6-10(9)17(3,13)14/h9-11H,4-8H2,1-3H3. The van der Waals surface area contributed by atoms with E-state index < -0.39 is 19.9 Å². The second kappa shape index (κ2) is 5.85. The molecule has 1 aliphatic carbocycles. The van der Waals surface area contributed by atoms with Crippen LogP contribution in [0.1, 0.15) is 19.3 Å². The van der Waals surface area contributed by atoms with Crippen molar-refractivity contribution in [2.24, 2.45) is 0 Å². The van der Waals surface area contributed by atoms with Gasteiger partial charge in [0.1, 0.15) is 0 Å². The highest BCUT2D eigenvalue weighted by Crippen LogP contribution is 2.24. The zero-order valence-corrected chi connectivity index (χ0v) is 12.7. The number of sulfonamides is 1. The van der Waals surface area contributed by atoms with Crippen LogP contribution in [0.3, 0.4) is 0 Å². The lowest BCUT2D eigenvalue weighted by atomic mass is 10.2. The molecule has 0 spiro atoms. The van der Waals surface area contributed by atoms with Gasteiger partial charge in [0.2, 0.25) is 10.0 Å². The Hall–Kier alpha value is -0.180. The van der Waals surface area contributed by atoms with Crippen LogP contribution in [0, 0.1) is 0 Å². The second-order valence-electron chi connectivity index (χ2n) is 4.96. The first kappa shape index (κ1) is 15.9. The van der Waals surface area contributed by atoms with E-state index in [0.717, 1.165) is 12.8 Å². The van der Waals surface area contributed by atoms with Gasteiger partial charge in [0.25, 0.3) is 0 Å². The Kier molecular flexibility index (Phi) is 5.16. The average molecular weight is 298 g/mol. The van der Waals surface area contributed by atoms with Crippen molar-refractivity contribution in [2.75, 3.05) is 32.6 Å². The quantitative estimate of drug-likeness (QED) is 0.710. The SMILES string of the molecule is CN(C)S(=O)(=O)CCNC1CCCC1S(C)(=O)=O. The minimum Gasteiger partial charge on any atom is -0.312 e. The van der Waals surface area contributed by atoms with E-state index in [4.69, 9.17) is 0 Å². The predicted molar refractivity (Wildman–Crippen MR) is 71.7 cm³/mol. The Morgan fingerprint density at radius 3 is 2.28 bits per heavy atom. The maximum absolute atomic E-state index is 11.6. The maximum atomic E-state index is 11.6. The molecule has 0 amide bonds. The molecule has 1 fully saturated rings. The van der Waals surface area contributed by atoms with E-state index in [2.05, 4.69) is 5.32 Å². The number of rotatable bonds is 6. The molecule has 1 rings (SSSR count). The van der Waals surface area contributed by atoms with Crippen LogP contribution >= 0.6 is 0 Å². The summed E-state index contributed by atoms with van der Waals surface area (Å²) in [4.78, 5) is 0. The lowest BCUT2D eigenvalue weighted by molar-refractivity contribution is 0.500. The summed E-state index contributed by atoms with van der Waals surface area (Å²) >= 11 is 0. The fourth-order valence-electron chi connectivity index (χ4n) is 2.23. The second-order valence-corrected chi connectivity index (χ2v) is 9.52. The molecule has 0 radical (unpaired) electrons. The van der Waals surface area contributed by atoms with E-state index in [1.807, 2.05) is 0 Å². The van der Waals surface area contributed by atoms with Crippen LogP contribution in [-0.2, 0) is 19.9 Å². The number of hydrogen-bond donors (Lipinski definition) is 1. The number of sulfone groups is 1. The van der Waals surface area contributed by atoms with Crippen LogP contribution in [0.4, 0.5) is 0 Å². The van der Waals surface area contributed by atoms with Crippen LogP contribution < -0.4 is 5.32 Å². The molecule has 0 aromatic carbocycles.